The summed E-state index contributed by atoms with van der Waals surface area (Å²) in [4.78, 5) is 33.2. The predicted octanol–water partition coefficient (Wildman–Crippen LogP) is 3.58. The second-order valence-electron chi connectivity index (χ2n) is 7.44. The lowest BCUT2D eigenvalue weighted by atomic mass is 10.1. The number of nitrogens with zero attached hydrogens (tertiary/aromatic N) is 5. The first kappa shape index (κ1) is 22.1. The van der Waals surface area contributed by atoms with Gasteiger partial charge < -0.3 is 14.6 Å². The normalized spacial score (nSPS) is 11.0. The minimum absolute atomic E-state index is 0.136. The maximum Gasteiger partial charge on any atom is 0.356 e. The first-order valence-electron chi connectivity index (χ1n) is 10.6. The number of Topliss-reactive ketones (excluding diaryl/α,β-unsaturated/α-hetero) is 1. The Morgan fingerprint density at radius 2 is 2.06 bits per heavy atom. The number of aromatic nitrogens is 5. The highest BCUT2D eigenvalue weighted by atomic mass is 16.5. The molecule has 170 valence electrons. The molecular weight excluding hydrogens is 424 g/mol. The molecule has 0 bridgehead atoms. The fourth-order valence-corrected chi connectivity index (χ4v) is 3.45. The zero-order valence-electron chi connectivity index (χ0n) is 18.7. The first-order chi connectivity index (χ1) is 16.0. The number of ether oxygens (including phenoxy) is 1. The van der Waals surface area contributed by atoms with E-state index < -0.39 is 5.97 Å². The van der Waals surface area contributed by atoms with Crippen molar-refractivity contribution in [3.8, 4) is 11.4 Å². The van der Waals surface area contributed by atoms with Crippen LogP contribution in [0.2, 0.25) is 0 Å². The van der Waals surface area contributed by atoms with E-state index in [0.29, 0.717) is 30.5 Å². The van der Waals surface area contributed by atoms with Crippen LogP contribution in [-0.4, -0.2) is 49.8 Å². The number of rotatable bonds is 9. The molecule has 0 amide bonds. The van der Waals surface area contributed by atoms with Crippen LogP contribution in [0.4, 0.5) is 5.82 Å². The Labute approximate surface area is 190 Å². The molecule has 0 unspecified atom stereocenters. The molecule has 3 heterocycles. The zero-order chi connectivity index (χ0) is 23.4. The van der Waals surface area contributed by atoms with Crippen molar-refractivity contribution in [1.82, 2.24) is 24.9 Å². The van der Waals surface area contributed by atoms with Crippen LogP contribution in [-0.2, 0) is 11.8 Å². The summed E-state index contributed by atoms with van der Waals surface area (Å²) in [6.07, 6.45) is 2.59. The van der Waals surface area contributed by atoms with Gasteiger partial charge in [-0.15, -0.1) is 0 Å². The van der Waals surface area contributed by atoms with Crippen LogP contribution in [0.15, 0.2) is 41.1 Å². The summed E-state index contributed by atoms with van der Waals surface area (Å²) in [6, 6.07) is 9.28. The number of hydrogen-bond donors (Lipinski definition) is 1. The summed E-state index contributed by atoms with van der Waals surface area (Å²) in [5.41, 5.74) is 1.34. The van der Waals surface area contributed by atoms with Gasteiger partial charge in [-0.05, 0) is 30.9 Å². The van der Waals surface area contributed by atoms with Gasteiger partial charge in [0.25, 0.3) is 0 Å². The molecule has 33 heavy (non-hydrogen) atoms. The van der Waals surface area contributed by atoms with Gasteiger partial charge in [0, 0.05) is 50.1 Å². The van der Waals surface area contributed by atoms with E-state index in [1.54, 1.807) is 27.1 Å². The molecule has 0 radical (unpaired) electrons. The molecule has 0 aliphatic heterocycles. The number of aryl methyl sites for hydroxylation is 2. The van der Waals surface area contributed by atoms with Crippen LogP contribution in [0.3, 0.4) is 0 Å². The maximum atomic E-state index is 12.5. The zero-order valence-corrected chi connectivity index (χ0v) is 18.7. The van der Waals surface area contributed by atoms with Crippen molar-refractivity contribution in [1.29, 1.82) is 0 Å². The van der Waals surface area contributed by atoms with Crippen LogP contribution in [0.5, 0.6) is 0 Å². The average molecular weight is 448 g/mol. The molecule has 10 heteroatoms. The van der Waals surface area contributed by atoms with Gasteiger partial charge in [0.1, 0.15) is 17.2 Å². The Morgan fingerprint density at radius 1 is 1.21 bits per heavy atom. The number of carbonyl (C=O) groups excluding carboxylic acids is 2. The average Bonchev–Trinajstić information content (AvgIpc) is 3.42. The Hall–Kier alpha value is -4.08. The summed E-state index contributed by atoms with van der Waals surface area (Å²) in [7, 11) is 1.61. The second-order valence-corrected chi connectivity index (χ2v) is 7.44. The summed E-state index contributed by atoms with van der Waals surface area (Å²) in [5.74, 6) is 1.10. The molecule has 0 aliphatic carbocycles. The molecule has 4 rings (SSSR count). The third-order valence-electron chi connectivity index (χ3n) is 5.08. The summed E-state index contributed by atoms with van der Waals surface area (Å²) >= 11 is 0. The third-order valence-corrected chi connectivity index (χ3v) is 5.08. The van der Waals surface area contributed by atoms with Crippen molar-refractivity contribution >= 4 is 28.3 Å². The van der Waals surface area contributed by atoms with Gasteiger partial charge in [0.2, 0.25) is 11.7 Å². The van der Waals surface area contributed by atoms with E-state index in [1.807, 2.05) is 24.3 Å². The van der Waals surface area contributed by atoms with Gasteiger partial charge in [0.05, 0.1) is 6.61 Å². The van der Waals surface area contributed by atoms with Gasteiger partial charge in [-0.25, -0.2) is 9.78 Å². The minimum Gasteiger partial charge on any atom is -0.461 e. The van der Waals surface area contributed by atoms with Crippen molar-refractivity contribution in [2.24, 2.45) is 7.05 Å². The van der Waals surface area contributed by atoms with Gasteiger partial charge in [-0.3, -0.25) is 9.48 Å². The molecule has 3 aromatic heterocycles. The second kappa shape index (κ2) is 9.60. The number of nitrogens with one attached hydrogen (secondary N) is 1. The van der Waals surface area contributed by atoms with Gasteiger partial charge in [0.15, 0.2) is 5.78 Å². The number of carbonyl (C=O) groups is 2. The quantitative estimate of drug-likeness (QED) is 0.232. The lowest BCUT2D eigenvalue weighted by molar-refractivity contribution is 0.0513. The molecule has 1 aromatic carbocycles. The number of anilines is 1. The summed E-state index contributed by atoms with van der Waals surface area (Å²) < 4.78 is 11.4. The number of ketones is 1. The number of fused-ring (bicyclic) bond motifs is 1. The fourth-order valence-electron chi connectivity index (χ4n) is 3.45. The number of esters is 1. The van der Waals surface area contributed by atoms with Crippen molar-refractivity contribution in [3.63, 3.8) is 0 Å². The van der Waals surface area contributed by atoms with E-state index in [0.717, 1.165) is 16.3 Å². The van der Waals surface area contributed by atoms with Crippen LogP contribution in [0.25, 0.3) is 22.2 Å². The Bertz CT molecular complexity index is 1310. The van der Waals surface area contributed by atoms with E-state index in [2.05, 4.69) is 25.5 Å². The molecule has 10 nitrogen and oxygen atoms in total. The smallest absolute Gasteiger partial charge is 0.356 e. The molecule has 0 saturated carbocycles. The van der Waals surface area contributed by atoms with E-state index >= 15 is 0 Å². The summed E-state index contributed by atoms with van der Waals surface area (Å²) in [6.45, 7) is 4.28. The number of benzene rings is 1. The predicted molar refractivity (Wildman–Crippen MR) is 121 cm³/mol. The van der Waals surface area contributed by atoms with Crippen LogP contribution in [0, 0.1) is 6.92 Å². The van der Waals surface area contributed by atoms with E-state index in [4.69, 9.17) is 9.26 Å². The summed E-state index contributed by atoms with van der Waals surface area (Å²) in [5, 5.41) is 13.4. The maximum absolute atomic E-state index is 12.5. The molecule has 4 aromatic rings. The lowest BCUT2D eigenvalue weighted by Crippen LogP contribution is -2.10. The van der Waals surface area contributed by atoms with E-state index in [-0.39, 0.29) is 30.2 Å². The van der Waals surface area contributed by atoms with Crippen molar-refractivity contribution in [2.45, 2.75) is 26.7 Å². The topological polar surface area (TPSA) is 125 Å². The van der Waals surface area contributed by atoms with E-state index in [9.17, 15) is 9.59 Å². The number of hydrogen-bond acceptors (Lipinski definition) is 9. The standard InChI is InChI=1S/C23H24N6O4/c1-4-32-23(31)19-13-18(27-29(19)3)20(30)6-5-10-24-22-17-12-16(21-26-14(2)33-28-21)8-7-15(17)9-11-25-22/h7-9,11-13H,4-6,10H2,1-3H3,(H,24,25). The highest BCUT2D eigenvalue weighted by Gasteiger charge is 2.18. The largest absolute Gasteiger partial charge is 0.461 e. The lowest BCUT2D eigenvalue weighted by Gasteiger charge is -2.09. The molecule has 0 aliphatic rings. The molecule has 0 spiro atoms. The highest BCUT2D eigenvalue weighted by molar-refractivity contribution is 5.97. The molecule has 1 N–H and O–H groups in total. The molecule has 0 fully saturated rings. The highest BCUT2D eigenvalue weighted by Crippen LogP contribution is 2.26. The van der Waals surface area contributed by atoms with Crippen LogP contribution < -0.4 is 5.32 Å². The van der Waals surface area contributed by atoms with Gasteiger partial charge in [-0.1, -0.05) is 17.3 Å². The Kier molecular flexibility index (Phi) is 6.43. The molecule has 0 atom stereocenters. The van der Waals surface area contributed by atoms with Gasteiger partial charge >= 0.3 is 5.97 Å². The Balaban J connectivity index is 1.39. The van der Waals surface area contributed by atoms with Crippen LogP contribution in [0.1, 0.15) is 46.6 Å². The van der Waals surface area contributed by atoms with Crippen molar-refractivity contribution < 1.29 is 18.8 Å². The van der Waals surface area contributed by atoms with E-state index in [1.165, 1.54) is 10.7 Å². The Morgan fingerprint density at radius 3 is 2.82 bits per heavy atom. The molecular formula is C23H24N6O4. The monoisotopic (exact) mass is 448 g/mol. The number of pyridine rings is 1. The SMILES string of the molecule is CCOC(=O)c1cc(C(=O)CCCNc2nccc3ccc(-c4noc(C)n4)cc23)nn1C. The van der Waals surface area contributed by atoms with Gasteiger partial charge in [-0.2, -0.15) is 10.1 Å². The fraction of sp³-hybridized carbons (Fsp3) is 0.304. The van der Waals surface area contributed by atoms with Crippen LogP contribution >= 0.6 is 0 Å². The molecule has 0 saturated heterocycles. The minimum atomic E-state index is -0.495. The first-order valence-corrected chi connectivity index (χ1v) is 10.6. The van der Waals surface area contributed by atoms with Crippen molar-refractivity contribution in [2.75, 3.05) is 18.5 Å². The third kappa shape index (κ3) is 4.89. The van der Waals surface area contributed by atoms with Crippen molar-refractivity contribution in [3.05, 3.63) is 53.8 Å².